The van der Waals surface area contributed by atoms with Gasteiger partial charge in [-0.25, -0.2) is 18.5 Å². The molecule has 2 heterocycles. The number of benzene rings is 1. The predicted octanol–water partition coefficient (Wildman–Crippen LogP) is 2.89. The van der Waals surface area contributed by atoms with Crippen LogP contribution in [-0.4, -0.2) is 32.0 Å². The van der Waals surface area contributed by atoms with Crippen molar-refractivity contribution in [1.82, 2.24) is 10.3 Å². The van der Waals surface area contributed by atoms with E-state index in [0.29, 0.717) is 30.6 Å². The number of sulfonamides is 1. The highest BCUT2D eigenvalue weighted by Gasteiger charge is 2.29. The molecule has 0 unspecified atom stereocenters. The third-order valence-corrected chi connectivity index (χ3v) is 5.92. The zero-order valence-electron chi connectivity index (χ0n) is 17.0. The Morgan fingerprint density at radius 1 is 1.24 bits per heavy atom. The van der Waals surface area contributed by atoms with Gasteiger partial charge < -0.3 is 15.4 Å². The van der Waals surface area contributed by atoms with Crippen LogP contribution >= 0.6 is 0 Å². The van der Waals surface area contributed by atoms with E-state index in [4.69, 9.17) is 9.88 Å². The Labute approximate surface area is 173 Å². The lowest BCUT2D eigenvalue weighted by molar-refractivity contribution is 0.306. The van der Waals surface area contributed by atoms with E-state index >= 15 is 0 Å². The minimum Gasteiger partial charge on any atom is -0.485 e. The minimum atomic E-state index is -3.88. The summed E-state index contributed by atoms with van der Waals surface area (Å²) in [5.74, 6) is 1.56. The zero-order chi connectivity index (χ0) is 20.9. The smallest absolute Gasteiger partial charge is 0.255 e. The van der Waals surface area contributed by atoms with Gasteiger partial charge in [-0.3, -0.25) is 0 Å². The fourth-order valence-corrected chi connectivity index (χ4v) is 4.13. The second kappa shape index (κ2) is 9.11. The minimum absolute atomic E-state index is 0.172. The monoisotopic (exact) mass is 418 g/mol. The van der Waals surface area contributed by atoms with E-state index in [1.54, 1.807) is 6.07 Å². The van der Waals surface area contributed by atoms with Gasteiger partial charge in [0.05, 0.1) is 0 Å². The molecule has 3 rings (SSSR count). The number of hydrogen-bond acceptors (Lipinski definition) is 6. The van der Waals surface area contributed by atoms with E-state index in [1.807, 2.05) is 30.3 Å². The number of nitrogens with two attached hydrogens (primary N) is 1. The van der Waals surface area contributed by atoms with Crippen molar-refractivity contribution in [2.24, 2.45) is 11.1 Å². The number of aromatic nitrogens is 1. The maximum atomic E-state index is 11.7. The molecule has 1 aromatic heterocycles. The molecule has 1 aliphatic rings. The molecule has 0 aliphatic carbocycles. The van der Waals surface area contributed by atoms with Crippen LogP contribution in [0.15, 0.2) is 47.5 Å². The van der Waals surface area contributed by atoms with Gasteiger partial charge in [0, 0.05) is 12.1 Å². The maximum Gasteiger partial charge on any atom is 0.255 e. The van der Waals surface area contributed by atoms with Crippen LogP contribution in [0.1, 0.15) is 38.7 Å². The summed E-state index contributed by atoms with van der Waals surface area (Å²) in [5.41, 5.74) is 1.23. The molecule has 158 valence electrons. The van der Waals surface area contributed by atoms with Crippen LogP contribution < -0.4 is 20.5 Å². The molecule has 1 fully saturated rings. The summed E-state index contributed by atoms with van der Waals surface area (Å²) < 4.78 is 29.2. The van der Waals surface area contributed by atoms with Gasteiger partial charge in [0.25, 0.3) is 10.0 Å². The lowest BCUT2D eigenvalue weighted by Crippen LogP contribution is -2.31. The topological polar surface area (TPSA) is 106 Å². The molecular weight excluding hydrogens is 388 g/mol. The Balaban J connectivity index is 1.62. The van der Waals surface area contributed by atoms with Crippen molar-refractivity contribution in [3.05, 3.63) is 48.0 Å². The summed E-state index contributed by atoms with van der Waals surface area (Å²) in [6.45, 7) is 6.54. The quantitative estimate of drug-likeness (QED) is 0.541. The number of nitrogens with one attached hydrogen (secondary N) is 2. The van der Waals surface area contributed by atoms with E-state index in [9.17, 15) is 8.42 Å². The van der Waals surface area contributed by atoms with Gasteiger partial charge in [-0.1, -0.05) is 30.3 Å². The average molecular weight is 419 g/mol. The molecule has 29 heavy (non-hydrogen) atoms. The molecular formula is C21H30N4O3S. The number of hydrogen-bond donors (Lipinski definition) is 3. The highest BCUT2D eigenvalue weighted by molar-refractivity contribution is 7.89. The van der Waals surface area contributed by atoms with E-state index in [0.717, 1.165) is 31.4 Å². The lowest BCUT2D eigenvalue weighted by atomic mass is 9.94. The Morgan fingerprint density at radius 2 is 2.00 bits per heavy atom. The molecule has 0 amide bonds. The highest BCUT2D eigenvalue weighted by Crippen LogP contribution is 2.28. The number of primary sulfonamides is 1. The van der Waals surface area contributed by atoms with Crippen molar-refractivity contribution < 1.29 is 13.2 Å². The fraction of sp³-hybridized carbons (Fsp3) is 0.476. The molecule has 0 saturated carbocycles. The van der Waals surface area contributed by atoms with Crippen LogP contribution in [0.25, 0.3) is 0 Å². The van der Waals surface area contributed by atoms with Gasteiger partial charge in [0.2, 0.25) is 0 Å². The molecule has 4 N–H and O–H groups in total. The van der Waals surface area contributed by atoms with E-state index in [2.05, 4.69) is 29.5 Å². The Hall–Kier alpha value is -2.16. The van der Waals surface area contributed by atoms with Crippen molar-refractivity contribution in [1.29, 1.82) is 0 Å². The first-order valence-electron chi connectivity index (χ1n) is 9.92. The summed E-state index contributed by atoms with van der Waals surface area (Å²) >= 11 is 0. The lowest BCUT2D eigenvalue weighted by Gasteiger charge is -2.17. The first kappa shape index (κ1) is 21.5. The summed E-state index contributed by atoms with van der Waals surface area (Å²) in [6, 6.07) is 12.7. The number of nitrogens with zero attached hydrogens (tertiary/aromatic N) is 1. The molecule has 0 radical (unpaired) electrons. The van der Waals surface area contributed by atoms with Crippen molar-refractivity contribution in [2.45, 2.75) is 50.3 Å². The summed E-state index contributed by atoms with van der Waals surface area (Å²) in [6.07, 6.45) is 3.22. The molecule has 0 bridgehead atoms. The molecule has 7 nitrogen and oxygen atoms in total. The zero-order valence-corrected chi connectivity index (χ0v) is 17.8. The van der Waals surface area contributed by atoms with Gasteiger partial charge in [0.1, 0.15) is 6.61 Å². The largest absolute Gasteiger partial charge is 0.485 e. The third-order valence-electron chi connectivity index (χ3n) is 5.11. The van der Waals surface area contributed by atoms with Crippen molar-refractivity contribution in [3.63, 3.8) is 0 Å². The molecule has 1 aromatic carbocycles. The van der Waals surface area contributed by atoms with E-state index < -0.39 is 10.0 Å². The molecule has 8 heteroatoms. The first-order chi connectivity index (χ1) is 13.7. The SMILES string of the molecule is CC1(C)C[C@H](CCCNc2nc(S(N)(=O)=O)ccc2OCc2ccccc2)CN1. The molecule has 1 aliphatic heterocycles. The van der Waals surface area contributed by atoms with Gasteiger partial charge in [-0.15, -0.1) is 0 Å². The summed E-state index contributed by atoms with van der Waals surface area (Å²) in [7, 11) is -3.88. The Bertz CT molecular complexity index is 917. The standard InChI is InChI=1S/C21H30N4O3S/c1-21(2)13-17(14-24-21)9-6-12-23-20-18(10-11-19(25-20)29(22,26)27)28-15-16-7-4-3-5-8-16/h3-5,7-8,10-11,17,24H,6,9,12-15H2,1-2H3,(H,23,25)(H2,22,26,27)/t17-/m0/s1. The van der Waals surface area contributed by atoms with Crippen molar-refractivity contribution in [3.8, 4) is 5.75 Å². The van der Waals surface area contributed by atoms with Gasteiger partial charge in [-0.05, 0) is 63.3 Å². The third kappa shape index (κ3) is 6.42. The summed E-state index contributed by atoms with van der Waals surface area (Å²) in [5, 5.41) is 11.8. The van der Waals surface area contributed by atoms with Crippen LogP contribution in [0.5, 0.6) is 5.75 Å². The van der Waals surface area contributed by atoms with Crippen LogP contribution in [0, 0.1) is 5.92 Å². The molecule has 2 aromatic rings. The van der Waals surface area contributed by atoms with Crippen molar-refractivity contribution >= 4 is 15.8 Å². The number of pyridine rings is 1. The Morgan fingerprint density at radius 3 is 2.66 bits per heavy atom. The van der Waals surface area contributed by atoms with E-state index in [-0.39, 0.29) is 10.6 Å². The van der Waals surface area contributed by atoms with Crippen LogP contribution in [-0.2, 0) is 16.6 Å². The number of ether oxygens (including phenoxy) is 1. The van der Waals surface area contributed by atoms with Crippen LogP contribution in [0.2, 0.25) is 0 Å². The second-order valence-electron chi connectivity index (χ2n) is 8.22. The van der Waals surface area contributed by atoms with Crippen LogP contribution in [0.3, 0.4) is 0 Å². The second-order valence-corrected chi connectivity index (χ2v) is 9.73. The molecule has 1 saturated heterocycles. The first-order valence-corrected chi connectivity index (χ1v) is 11.5. The summed E-state index contributed by atoms with van der Waals surface area (Å²) in [4.78, 5) is 4.19. The highest BCUT2D eigenvalue weighted by atomic mass is 32.2. The van der Waals surface area contributed by atoms with Crippen molar-refractivity contribution in [2.75, 3.05) is 18.4 Å². The number of rotatable bonds is 9. The average Bonchev–Trinajstić information content (AvgIpc) is 3.02. The van der Waals surface area contributed by atoms with Gasteiger partial charge in [-0.2, -0.15) is 0 Å². The van der Waals surface area contributed by atoms with Gasteiger partial charge in [0.15, 0.2) is 16.6 Å². The molecule has 0 spiro atoms. The van der Waals surface area contributed by atoms with Crippen LogP contribution in [0.4, 0.5) is 5.82 Å². The normalized spacial score (nSPS) is 18.5. The number of anilines is 1. The molecule has 1 atom stereocenters. The van der Waals surface area contributed by atoms with E-state index in [1.165, 1.54) is 6.07 Å². The van der Waals surface area contributed by atoms with Gasteiger partial charge >= 0.3 is 0 Å². The predicted molar refractivity (Wildman–Crippen MR) is 114 cm³/mol. The Kier molecular flexibility index (Phi) is 6.77. The fourth-order valence-electron chi connectivity index (χ4n) is 3.65. The maximum absolute atomic E-state index is 11.7.